The molecule has 0 aromatic rings. The van der Waals surface area contributed by atoms with E-state index in [1.54, 1.807) is 5.57 Å². The van der Waals surface area contributed by atoms with Gasteiger partial charge in [-0.25, -0.2) is 0 Å². The molecule has 170 valence electrons. The highest BCUT2D eigenvalue weighted by Crippen LogP contribution is 2.59. The molecule has 1 unspecified atom stereocenters. The maximum absolute atomic E-state index is 10.5. The minimum absolute atomic E-state index is 0.168. The van der Waals surface area contributed by atoms with Crippen LogP contribution >= 0.6 is 0 Å². The summed E-state index contributed by atoms with van der Waals surface area (Å²) in [5.41, 5.74) is 3.01. The number of fused-ring (bicyclic) bond motifs is 1. The molecule has 6 atom stereocenters. The second-order valence-corrected chi connectivity index (χ2v) is 11.6. The summed E-state index contributed by atoms with van der Waals surface area (Å²) in [4.78, 5) is 0. The van der Waals surface area contributed by atoms with Gasteiger partial charge in [-0.1, -0.05) is 44.1 Å². The Morgan fingerprint density at radius 1 is 1.03 bits per heavy atom. The van der Waals surface area contributed by atoms with Crippen molar-refractivity contribution in [1.29, 1.82) is 0 Å². The highest BCUT2D eigenvalue weighted by atomic mass is 16.5. The van der Waals surface area contributed by atoms with Crippen molar-refractivity contribution in [3.8, 4) is 0 Å². The number of hydrogen-bond donors (Lipinski definition) is 2. The lowest BCUT2D eigenvalue weighted by molar-refractivity contribution is -0.0280. The highest BCUT2D eigenvalue weighted by molar-refractivity contribution is 5.28. The molecule has 4 aliphatic carbocycles. The van der Waals surface area contributed by atoms with Gasteiger partial charge < -0.3 is 14.9 Å². The predicted octanol–water partition coefficient (Wildman–Crippen LogP) is 5.80. The molecule has 0 bridgehead atoms. The Bertz CT molecular complexity index is 658. The van der Waals surface area contributed by atoms with E-state index in [1.165, 1.54) is 37.7 Å². The van der Waals surface area contributed by atoms with Gasteiger partial charge in [-0.05, 0) is 94.3 Å². The summed E-state index contributed by atoms with van der Waals surface area (Å²) in [6, 6.07) is 0. The lowest BCUT2D eigenvalue weighted by Crippen LogP contribution is -2.39. The zero-order chi connectivity index (χ0) is 21.5. The summed E-state index contributed by atoms with van der Waals surface area (Å²) in [6.07, 6.45) is 15.2. The van der Waals surface area contributed by atoms with Gasteiger partial charge in [0.1, 0.15) is 0 Å². The average Bonchev–Trinajstić information content (AvgIpc) is 3.41. The first-order chi connectivity index (χ1) is 14.3. The third-order valence-electron chi connectivity index (χ3n) is 9.28. The Morgan fingerprint density at radius 2 is 1.73 bits per heavy atom. The normalized spacial score (nSPS) is 40.1. The topological polar surface area (TPSA) is 49.7 Å². The van der Waals surface area contributed by atoms with Crippen molar-refractivity contribution < 1.29 is 14.9 Å². The van der Waals surface area contributed by atoms with Crippen molar-refractivity contribution >= 4 is 0 Å². The van der Waals surface area contributed by atoms with Gasteiger partial charge in [-0.15, -0.1) is 0 Å². The lowest BCUT2D eigenvalue weighted by atomic mass is 9.62. The molecular formula is C27H44O3. The van der Waals surface area contributed by atoms with Crippen LogP contribution < -0.4 is 0 Å². The van der Waals surface area contributed by atoms with Crippen LogP contribution in [0.1, 0.15) is 91.9 Å². The zero-order valence-corrected chi connectivity index (χ0v) is 19.7. The monoisotopic (exact) mass is 416 g/mol. The SMILES string of the molecule is CC(C)CCO[C@H](C)[C@H]1CCC2/C(=C/C=C3C[C@@H](O)C4(CC4)[C@H](O)C3)CCC[C@@]21C. The van der Waals surface area contributed by atoms with Gasteiger partial charge in [-0.2, -0.15) is 0 Å². The summed E-state index contributed by atoms with van der Waals surface area (Å²) in [5, 5.41) is 21.1. The molecule has 4 saturated carbocycles. The quantitative estimate of drug-likeness (QED) is 0.575. The van der Waals surface area contributed by atoms with Crippen LogP contribution in [0.2, 0.25) is 0 Å². The van der Waals surface area contributed by atoms with Crippen LogP contribution in [0.25, 0.3) is 0 Å². The van der Waals surface area contributed by atoms with Gasteiger partial charge in [0.05, 0.1) is 18.3 Å². The molecule has 2 N–H and O–H groups in total. The summed E-state index contributed by atoms with van der Waals surface area (Å²) in [5.74, 6) is 2.02. The van der Waals surface area contributed by atoms with Crippen LogP contribution in [0.5, 0.6) is 0 Å². The Hall–Kier alpha value is -0.640. The van der Waals surface area contributed by atoms with Gasteiger partial charge in [0, 0.05) is 12.0 Å². The fourth-order valence-corrected chi connectivity index (χ4v) is 7.04. The summed E-state index contributed by atoms with van der Waals surface area (Å²) in [6.45, 7) is 10.2. The van der Waals surface area contributed by atoms with Crippen molar-refractivity contribution in [2.45, 2.75) is 110 Å². The van der Waals surface area contributed by atoms with E-state index in [-0.39, 0.29) is 17.6 Å². The first kappa shape index (κ1) is 22.6. The summed E-state index contributed by atoms with van der Waals surface area (Å²) >= 11 is 0. The maximum atomic E-state index is 10.5. The fourth-order valence-electron chi connectivity index (χ4n) is 7.04. The third-order valence-corrected chi connectivity index (χ3v) is 9.28. The van der Waals surface area contributed by atoms with E-state index < -0.39 is 0 Å². The largest absolute Gasteiger partial charge is 0.392 e. The van der Waals surface area contributed by atoms with E-state index >= 15 is 0 Å². The first-order valence-electron chi connectivity index (χ1n) is 12.6. The minimum atomic E-state index is -0.359. The van der Waals surface area contributed by atoms with Crippen LogP contribution in [0.4, 0.5) is 0 Å². The molecule has 0 aromatic heterocycles. The van der Waals surface area contributed by atoms with E-state index in [1.807, 2.05) is 0 Å². The fraction of sp³-hybridized carbons (Fsp3) is 0.852. The number of aliphatic hydroxyl groups is 2. The van der Waals surface area contributed by atoms with E-state index in [2.05, 4.69) is 39.8 Å². The van der Waals surface area contributed by atoms with E-state index in [0.29, 0.717) is 29.3 Å². The predicted molar refractivity (Wildman–Crippen MR) is 122 cm³/mol. The van der Waals surface area contributed by atoms with Crippen molar-refractivity contribution in [3.05, 3.63) is 23.3 Å². The van der Waals surface area contributed by atoms with Gasteiger partial charge in [0.15, 0.2) is 0 Å². The van der Waals surface area contributed by atoms with Gasteiger partial charge in [0.25, 0.3) is 0 Å². The van der Waals surface area contributed by atoms with Gasteiger partial charge in [0.2, 0.25) is 0 Å². The standard InChI is InChI=1S/C27H44O3/c1-18(2)11-15-30-19(3)22-9-10-23-21(6-5-12-26(22,23)4)8-7-20-16-24(28)27(13-14-27)25(29)17-20/h7-8,18-19,22-25,28-29H,5-6,9-17H2,1-4H3/b21-8+/t19-,22-,23?,24-,25-,26-/m1/s1. The van der Waals surface area contributed by atoms with Gasteiger partial charge >= 0.3 is 0 Å². The van der Waals surface area contributed by atoms with Crippen LogP contribution in [-0.2, 0) is 4.74 Å². The minimum Gasteiger partial charge on any atom is -0.392 e. The van der Waals surface area contributed by atoms with Crippen LogP contribution in [-0.4, -0.2) is 35.1 Å². The molecule has 0 radical (unpaired) electrons. The molecule has 4 fully saturated rings. The average molecular weight is 417 g/mol. The maximum Gasteiger partial charge on any atom is 0.0658 e. The Balaban J connectivity index is 1.42. The van der Waals surface area contributed by atoms with Gasteiger partial charge in [-0.3, -0.25) is 0 Å². The number of hydrogen-bond acceptors (Lipinski definition) is 3. The molecule has 0 aromatic carbocycles. The van der Waals surface area contributed by atoms with Crippen LogP contribution in [0.15, 0.2) is 23.3 Å². The Morgan fingerprint density at radius 3 is 2.37 bits per heavy atom. The lowest BCUT2D eigenvalue weighted by Gasteiger charge is -2.44. The summed E-state index contributed by atoms with van der Waals surface area (Å²) < 4.78 is 6.30. The van der Waals surface area contributed by atoms with E-state index in [4.69, 9.17) is 4.74 Å². The Kier molecular flexibility index (Phi) is 6.55. The zero-order valence-electron chi connectivity index (χ0n) is 19.7. The molecular weight excluding hydrogens is 372 g/mol. The molecule has 0 aliphatic heterocycles. The second-order valence-electron chi connectivity index (χ2n) is 11.6. The van der Waals surface area contributed by atoms with Crippen molar-refractivity contribution in [1.82, 2.24) is 0 Å². The molecule has 0 amide bonds. The molecule has 1 spiro atoms. The molecule has 0 saturated heterocycles. The molecule has 3 nitrogen and oxygen atoms in total. The molecule has 0 heterocycles. The highest BCUT2D eigenvalue weighted by Gasteiger charge is 2.56. The van der Waals surface area contributed by atoms with Crippen LogP contribution in [0.3, 0.4) is 0 Å². The third kappa shape index (κ3) is 4.19. The summed E-state index contributed by atoms with van der Waals surface area (Å²) in [7, 11) is 0. The van der Waals surface area contributed by atoms with Crippen LogP contribution in [0, 0.1) is 28.6 Å². The van der Waals surface area contributed by atoms with Crippen molar-refractivity contribution in [2.24, 2.45) is 28.6 Å². The number of allylic oxidation sites excluding steroid dienone is 3. The van der Waals surface area contributed by atoms with Crippen molar-refractivity contribution in [3.63, 3.8) is 0 Å². The molecule has 4 aliphatic rings. The number of rotatable bonds is 6. The molecule has 30 heavy (non-hydrogen) atoms. The second kappa shape index (κ2) is 8.71. The first-order valence-corrected chi connectivity index (χ1v) is 12.6. The molecule has 4 rings (SSSR count). The van der Waals surface area contributed by atoms with E-state index in [0.717, 1.165) is 38.7 Å². The smallest absolute Gasteiger partial charge is 0.0658 e. The molecule has 3 heteroatoms. The van der Waals surface area contributed by atoms with E-state index in [9.17, 15) is 10.2 Å². The number of aliphatic hydroxyl groups excluding tert-OH is 2. The van der Waals surface area contributed by atoms with Crippen molar-refractivity contribution in [2.75, 3.05) is 6.61 Å². The number of ether oxygens (including phenoxy) is 1. The Labute approximate surface area is 184 Å².